The fourth-order valence-electron chi connectivity index (χ4n) is 2.63. The first-order valence-electron chi connectivity index (χ1n) is 9.99. The van der Waals surface area contributed by atoms with E-state index in [1.165, 1.54) is 12.7 Å². The number of ether oxygens (including phenoxy) is 1. The van der Waals surface area contributed by atoms with Crippen LogP contribution in [0.2, 0.25) is 0 Å². The molecule has 7 nitrogen and oxygen atoms in total. The van der Waals surface area contributed by atoms with Crippen molar-refractivity contribution in [1.29, 1.82) is 5.26 Å². The van der Waals surface area contributed by atoms with E-state index in [0.717, 1.165) is 26.5 Å². The van der Waals surface area contributed by atoms with Crippen LogP contribution in [0, 0.1) is 31.4 Å². The van der Waals surface area contributed by atoms with Gasteiger partial charge in [-0.05, 0) is 43.7 Å². The van der Waals surface area contributed by atoms with Gasteiger partial charge < -0.3 is 10.5 Å². The molecule has 0 saturated heterocycles. The Balaban J connectivity index is 0.000000300. The number of nitrogens with two attached hydrogens (primary N) is 1. The summed E-state index contributed by atoms with van der Waals surface area (Å²) in [5, 5.41) is 12.4. The number of allylic oxidation sites excluding steroid dienone is 1. The number of benzene rings is 2. The Bertz CT molecular complexity index is 1210. The maximum atomic E-state index is 8.05. The number of nitrogen functional groups attached to an aromatic ring is 1. The van der Waals surface area contributed by atoms with E-state index in [2.05, 4.69) is 70.4 Å². The highest BCUT2D eigenvalue weighted by Crippen LogP contribution is 2.29. The Morgan fingerprint density at radius 3 is 2.26 bits per heavy atom. The molecule has 0 spiro atoms. The highest BCUT2D eigenvalue weighted by molar-refractivity contribution is 9.10. The Morgan fingerprint density at radius 2 is 1.85 bits per heavy atom. The van der Waals surface area contributed by atoms with Crippen molar-refractivity contribution in [2.24, 2.45) is 0 Å². The molecule has 174 valence electrons. The first-order chi connectivity index (χ1) is 16.3. The van der Waals surface area contributed by atoms with Crippen LogP contribution in [0.25, 0.3) is 9.69 Å². The van der Waals surface area contributed by atoms with Crippen LogP contribution >= 0.6 is 31.9 Å². The summed E-state index contributed by atoms with van der Waals surface area (Å²) in [6.07, 6.45) is 1.72. The van der Waals surface area contributed by atoms with Gasteiger partial charge in [-0.25, -0.2) is 15.0 Å². The maximum Gasteiger partial charge on any atom is 0.295 e. The zero-order valence-electron chi connectivity index (χ0n) is 19.1. The Hall–Kier alpha value is -3.58. The van der Waals surface area contributed by atoms with Crippen LogP contribution in [0.15, 0.2) is 69.4 Å². The smallest absolute Gasteiger partial charge is 0.295 e. The van der Waals surface area contributed by atoms with Gasteiger partial charge in [-0.1, -0.05) is 61.7 Å². The van der Waals surface area contributed by atoms with Crippen LogP contribution in [-0.4, -0.2) is 16.9 Å². The third kappa shape index (κ3) is 9.50. The standard InChI is InChI=1S/C13H13BrN4.C7H7Br.C5H4N2O/c1-3-18-13(15)12(16-2)11(17-18)8-9-5-4-6-10(14)7-9;1-6-3-2-4-7(8)5-6;1-7-5(3-6)4-8-2/h4-7H,3,8,15H2,1H3;2-5H,1H3;4H,2H3/b;;5-4+. The summed E-state index contributed by atoms with van der Waals surface area (Å²) in [6, 6.07) is 17.8. The number of hydrogen-bond donors (Lipinski definition) is 1. The van der Waals surface area contributed by atoms with E-state index in [4.69, 9.17) is 24.1 Å². The van der Waals surface area contributed by atoms with Crippen molar-refractivity contribution < 1.29 is 4.74 Å². The predicted molar refractivity (Wildman–Crippen MR) is 142 cm³/mol. The molecule has 2 N–H and O–H groups in total. The van der Waals surface area contributed by atoms with Gasteiger partial charge in [0.1, 0.15) is 12.1 Å². The number of halogens is 2. The Morgan fingerprint density at radius 1 is 1.21 bits per heavy atom. The summed E-state index contributed by atoms with van der Waals surface area (Å²) in [5.41, 5.74) is 9.46. The van der Waals surface area contributed by atoms with Crippen LogP contribution in [0.1, 0.15) is 23.7 Å². The van der Waals surface area contributed by atoms with E-state index >= 15 is 0 Å². The van der Waals surface area contributed by atoms with Gasteiger partial charge in [0.05, 0.1) is 32.0 Å². The predicted octanol–water partition coefficient (Wildman–Crippen LogP) is 7.06. The van der Waals surface area contributed by atoms with E-state index in [0.29, 0.717) is 24.5 Å². The highest BCUT2D eigenvalue weighted by atomic mass is 79.9. The second-order valence-corrected chi connectivity index (χ2v) is 8.51. The van der Waals surface area contributed by atoms with Crippen LogP contribution in [0.5, 0.6) is 0 Å². The fraction of sp³-hybridized carbons (Fsp3) is 0.200. The third-order valence-electron chi connectivity index (χ3n) is 4.15. The molecule has 0 aliphatic rings. The number of nitrogens with zero attached hydrogens (tertiary/aromatic N) is 5. The van der Waals surface area contributed by atoms with Gasteiger partial charge in [0.2, 0.25) is 0 Å². The van der Waals surface area contributed by atoms with Crippen molar-refractivity contribution in [3.05, 3.63) is 109 Å². The molecule has 0 radical (unpaired) electrons. The minimum Gasteiger partial charge on any atom is -0.515 e. The minimum atomic E-state index is -0.0347. The zero-order valence-corrected chi connectivity index (χ0v) is 22.3. The lowest BCUT2D eigenvalue weighted by Crippen LogP contribution is -2.02. The van der Waals surface area contributed by atoms with Gasteiger partial charge in [-0.15, -0.1) is 0 Å². The number of anilines is 1. The molecule has 0 aliphatic carbocycles. The number of aromatic nitrogens is 2. The maximum absolute atomic E-state index is 8.05. The molecule has 34 heavy (non-hydrogen) atoms. The minimum absolute atomic E-state index is 0.0347. The summed E-state index contributed by atoms with van der Waals surface area (Å²) >= 11 is 6.80. The summed E-state index contributed by atoms with van der Waals surface area (Å²) < 4.78 is 8.23. The van der Waals surface area contributed by atoms with Crippen molar-refractivity contribution in [2.75, 3.05) is 12.8 Å². The number of hydrogen-bond acceptors (Lipinski definition) is 4. The van der Waals surface area contributed by atoms with Crippen LogP contribution in [-0.2, 0) is 17.7 Å². The average Bonchev–Trinajstić information content (AvgIpc) is 3.12. The van der Waals surface area contributed by atoms with Crippen molar-refractivity contribution >= 4 is 43.4 Å². The van der Waals surface area contributed by atoms with Crippen LogP contribution in [0.3, 0.4) is 0 Å². The molecule has 0 saturated carbocycles. The van der Waals surface area contributed by atoms with E-state index in [9.17, 15) is 0 Å². The number of methoxy groups -OCH3 is 1. The lowest BCUT2D eigenvalue weighted by atomic mass is 10.1. The second-order valence-electron chi connectivity index (χ2n) is 6.68. The molecule has 0 aliphatic heterocycles. The van der Waals surface area contributed by atoms with Crippen molar-refractivity contribution in [3.63, 3.8) is 0 Å². The van der Waals surface area contributed by atoms with E-state index < -0.39 is 0 Å². The normalized spacial score (nSPS) is 9.76. The van der Waals surface area contributed by atoms with Gasteiger partial charge in [0.25, 0.3) is 11.4 Å². The molecule has 0 amide bonds. The van der Waals surface area contributed by atoms with Crippen molar-refractivity contribution in [1.82, 2.24) is 9.78 Å². The highest BCUT2D eigenvalue weighted by Gasteiger charge is 2.15. The number of rotatable bonds is 4. The summed E-state index contributed by atoms with van der Waals surface area (Å²) in [6.45, 7) is 18.2. The molecule has 0 atom stereocenters. The molecular weight excluding hydrogens is 560 g/mol. The number of nitriles is 1. The molecule has 1 heterocycles. The number of aryl methyl sites for hydroxylation is 2. The van der Waals surface area contributed by atoms with Gasteiger partial charge >= 0.3 is 0 Å². The molecule has 3 aromatic rings. The Labute approximate surface area is 217 Å². The summed E-state index contributed by atoms with van der Waals surface area (Å²) in [5.74, 6) is 0.456. The first-order valence-corrected chi connectivity index (χ1v) is 11.6. The van der Waals surface area contributed by atoms with Crippen LogP contribution < -0.4 is 5.73 Å². The molecule has 0 unspecified atom stereocenters. The monoisotopic (exact) mass is 582 g/mol. The molecule has 0 bridgehead atoms. The molecule has 3 rings (SSSR count). The first kappa shape index (κ1) is 28.5. The lowest BCUT2D eigenvalue weighted by molar-refractivity contribution is 0.336. The SMILES string of the molecule is Cc1cccc(Br)c1.[C-]#[N+]/C(C#N)=C/OC.[C-]#[N+]c1c(Cc2cccc(Br)c2)nn(CC)c1N. The van der Waals surface area contributed by atoms with Gasteiger partial charge in [0.15, 0.2) is 0 Å². The van der Waals surface area contributed by atoms with E-state index in [1.807, 2.05) is 43.3 Å². The lowest BCUT2D eigenvalue weighted by Gasteiger charge is -2.00. The third-order valence-corrected chi connectivity index (χ3v) is 5.14. The average molecular weight is 584 g/mol. The molecular formula is C25H24Br2N6O. The summed E-state index contributed by atoms with van der Waals surface area (Å²) in [4.78, 5) is 6.31. The van der Waals surface area contributed by atoms with Crippen LogP contribution in [0.4, 0.5) is 11.5 Å². The molecule has 9 heteroatoms. The zero-order chi connectivity index (χ0) is 25.5. The molecule has 0 fully saturated rings. The van der Waals surface area contributed by atoms with E-state index in [1.54, 1.807) is 10.8 Å². The largest absolute Gasteiger partial charge is 0.515 e. The molecule has 1 aromatic heterocycles. The topological polar surface area (TPSA) is 85.6 Å². The van der Waals surface area contributed by atoms with Gasteiger partial charge in [-0.2, -0.15) is 5.10 Å². The van der Waals surface area contributed by atoms with Crippen molar-refractivity contribution in [2.45, 2.75) is 26.8 Å². The van der Waals surface area contributed by atoms with Gasteiger partial charge in [0, 0.05) is 21.9 Å². The van der Waals surface area contributed by atoms with Crippen molar-refractivity contribution in [3.8, 4) is 6.07 Å². The second kappa shape index (κ2) is 15.3. The van der Waals surface area contributed by atoms with Gasteiger partial charge in [-0.3, -0.25) is 4.68 Å². The van der Waals surface area contributed by atoms with E-state index in [-0.39, 0.29) is 5.70 Å². The summed E-state index contributed by atoms with van der Waals surface area (Å²) in [7, 11) is 1.39. The fourth-order valence-corrected chi connectivity index (χ4v) is 3.59. The quantitative estimate of drug-likeness (QED) is 0.202. The Kier molecular flexibility index (Phi) is 12.8. The molecule has 2 aromatic carbocycles.